The molecule has 0 saturated carbocycles. The molecule has 1 atom stereocenters. The number of carbonyl (C=O) groups excluding carboxylic acids is 1. The van der Waals surface area contributed by atoms with Gasteiger partial charge in [-0.25, -0.2) is 8.42 Å². The Balaban J connectivity index is 1.92. The minimum atomic E-state index is -3.43. The molecule has 0 bridgehead atoms. The third-order valence-corrected chi connectivity index (χ3v) is 6.35. The molecule has 1 saturated heterocycles. The fraction of sp³-hybridized carbons (Fsp3) is 0.588. The number of rotatable bonds is 6. The second-order valence-electron chi connectivity index (χ2n) is 6.74. The number of carbonyl (C=O) groups is 1. The Hall–Kier alpha value is -1.44. The van der Waals surface area contributed by atoms with Crippen LogP contribution in [-0.4, -0.2) is 57.4 Å². The van der Waals surface area contributed by atoms with E-state index in [4.69, 9.17) is 0 Å². The Morgan fingerprint density at radius 1 is 1.17 bits per heavy atom. The first-order chi connectivity index (χ1) is 11.3. The van der Waals surface area contributed by atoms with Crippen molar-refractivity contribution in [2.24, 2.45) is 5.92 Å². The fourth-order valence-corrected chi connectivity index (χ4v) is 4.29. The lowest BCUT2D eigenvalue weighted by atomic mass is 10.2. The lowest BCUT2D eigenvalue weighted by Gasteiger charge is -2.34. The van der Waals surface area contributed by atoms with Crippen molar-refractivity contribution in [2.45, 2.75) is 31.7 Å². The molecule has 6 nitrogen and oxygen atoms in total. The zero-order valence-corrected chi connectivity index (χ0v) is 15.5. The quantitative estimate of drug-likeness (QED) is 0.739. The van der Waals surface area contributed by atoms with Gasteiger partial charge in [0.1, 0.15) is 0 Å². The van der Waals surface area contributed by atoms with Crippen LogP contribution in [0, 0.1) is 5.92 Å². The maximum atomic E-state index is 12.6. The van der Waals surface area contributed by atoms with Crippen molar-refractivity contribution < 1.29 is 18.1 Å². The molecule has 1 aromatic carbocycles. The molecule has 0 aliphatic carbocycles. The SMILES string of the molecule is CC(C)CNC(=O)[C@H](C)[NH+]1CCN(S(=O)(=O)c2ccccc2)CC1. The standard InChI is InChI=1S/C17H27N3O3S/c1-14(2)13-18-17(21)15(3)19-9-11-20(12-10-19)24(22,23)16-7-5-4-6-8-16/h4-8,14-15H,9-13H2,1-3H3,(H,18,21)/p+1/t15-/m0/s1. The predicted octanol–water partition coefficient (Wildman–Crippen LogP) is -0.263. The minimum Gasteiger partial charge on any atom is -0.351 e. The second-order valence-corrected chi connectivity index (χ2v) is 8.67. The van der Waals surface area contributed by atoms with Crippen molar-refractivity contribution >= 4 is 15.9 Å². The maximum absolute atomic E-state index is 12.6. The van der Waals surface area contributed by atoms with E-state index >= 15 is 0 Å². The van der Waals surface area contributed by atoms with Crippen molar-refractivity contribution in [3.63, 3.8) is 0 Å². The topological polar surface area (TPSA) is 70.9 Å². The van der Waals surface area contributed by atoms with E-state index in [9.17, 15) is 13.2 Å². The molecule has 2 rings (SSSR count). The highest BCUT2D eigenvalue weighted by molar-refractivity contribution is 7.89. The molecule has 24 heavy (non-hydrogen) atoms. The molecule has 0 unspecified atom stereocenters. The summed E-state index contributed by atoms with van der Waals surface area (Å²) in [5, 5.41) is 2.95. The number of hydrogen-bond donors (Lipinski definition) is 2. The van der Waals surface area contributed by atoms with E-state index in [0.29, 0.717) is 43.5 Å². The molecule has 1 amide bonds. The summed E-state index contributed by atoms with van der Waals surface area (Å²) in [4.78, 5) is 13.6. The molecule has 0 aromatic heterocycles. The highest BCUT2D eigenvalue weighted by Crippen LogP contribution is 2.14. The van der Waals surface area contributed by atoms with E-state index in [1.165, 1.54) is 4.31 Å². The van der Waals surface area contributed by atoms with Crippen LogP contribution in [-0.2, 0) is 14.8 Å². The van der Waals surface area contributed by atoms with Crippen molar-refractivity contribution in [3.05, 3.63) is 30.3 Å². The van der Waals surface area contributed by atoms with Crippen LogP contribution in [0.2, 0.25) is 0 Å². The first-order valence-corrected chi connectivity index (χ1v) is 9.94. The predicted molar refractivity (Wildman–Crippen MR) is 93.2 cm³/mol. The summed E-state index contributed by atoms with van der Waals surface area (Å²) >= 11 is 0. The van der Waals surface area contributed by atoms with Gasteiger partial charge in [0.2, 0.25) is 10.0 Å². The number of benzene rings is 1. The zero-order valence-electron chi connectivity index (χ0n) is 14.7. The number of sulfonamides is 1. The molecule has 2 N–H and O–H groups in total. The van der Waals surface area contributed by atoms with Crippen LogP contribution in [0.1, 0.15) is 20.8 Å². The second kappa shape index (κ2) is 8.09. The van der Waals surface area contributed by atoms with Crippen LogP contribution in [0.25, 0.3) is 0 Å². The van der Waals surface area contributed by atoms with Crippen LogP contribution in [0.4, 0.5) is 0 Å². The van der Waals surface area contributed by atoms with Crippen LogP contribution in [0.5, 0.6) is 0 Å². The van der Waals surface area contributed by atoms with Gasteiger partial charge in [-0.05, 0) is 25.0 Å². The minimum absolute atomic E-state index is 0.0399. The van der Waals surface area contributed by atoms with Gasteiger partial charge in [-0.2, -0.15) is 4.31 Å². The third kappa shape index (κ3) is 4.55. The summed E-state index contributed by atoms with van der Waals surface area (Å²) < 4.78 is 26.7. The average molecular weight is 354 g/mol. The van der Waals surface area contributed by atoms with E-state index < -0.39 is 10.0 Å². The van der Waals surface area contributed by atoms with Gasteiger partial charge >= 0.3 is 0 Å². The zero-order chi connectivity index (χ0) is 17.7. The number of nitrogens with one attached hydrogen (secondary N) is 2. The normalized spacial score (nSPS) is 18.5. The van der Waals surface area contributed by atoms with Gasteiger partial charge in [0.15, 0.2) is 6.04 Å². The van der Waals surface area contributed by atoms with Gasteiger partial charge in [-0.1, -0.05) is 32.0 Å². The smallest absolute Gasteiger partial charge is 0.278 e. The van der Waals surface area contributed by atoms with Gasteiger partial charge in [-0.15, -0.1) is 0 Å². The number of amides is 1. The summed E-state index contributed by atoms with van der Waals surface area (Å²) in [6.45, 7) is 8.86. The highest BCUT2D eigenvalue weighted by atomic mass is 32.2. The Labute approximate surface area is 144 Å². The molecule has 134 valence electrons. The van der Waals surface area contributed by atoms with Crippen LogP contribution >= 0.6 is 0 Å². The number of hydrogen-bond acceptors (Lipinski definition) is 3. The lowest BCUT2D eigenvalue weighted by Crippen LogP contribution is -3.19. The van der Waals surface area contributed by atoms with E-state index in [0.717, 1.165) is 4.90 Å². The van der Waals surface area contributed by atoms with Gasteiger partial charge in [0, 0.05) is 6.54 Å². The molecule has 1 heterocycles. The number of quaternary nitrogens is 1. The molecule has 1 aliphatic heterocycles. The average Bonchev–Trinajstić information content (AvgIpc) is 2.59. The summed E-state index contributed by atoms with van der Waals surface area (Å²) in [6.07, 6.45) is 0. The lowest BCUT2D eigenvalue weighted by molar-refractivity contribution is -0.917. The van der Waals surface area contributed by atoms with Crippen molar-refractivity contribution in [2.75, 3.05) is 32.7 Å². The largest absolute Gasteiger partial charge is 0.351 e. The molecular formula is C17H28N3O3S+. The molecule has 1 aromatic rings. The summed E-state index contributed by atoms with van der Waals surface area (Å²) in [7, 11) is -3.43. The molecular weight excluding hydrogens is 326 g/mol. The Morgan fingerprint density at radius 2 is 1.75 bits per heavy atom. The molecule has 0 spiro atoms. The maximum Gasteiger partial charge on any atom is 0.278 e. The van der Waals surface area contributed by atoms with E-state index in [-0.39, 0.29) is 11.9 Å². The van der Waals surface area contributed by atoms with Gasteiger partial charge in [0.25, 0.3) is 5.91 Å². The van der Waals surface area contributed by atoms with Crippen molar-refractivity contribution in [1.29, 1.82) is 0 Å². The number of piperazine rings is 1. The fourth-order valence-electron chi connectivity index (χ4n) is 2.83. The summed E-state index contributed by atoms with van der Waals surface area (Å²) in [6, 6.07) is 8.35. The molecule has 1 fully saturated rings. The molecule has 1 aliphatic rings. The van der Waals surface area contributed by atoms with E-state index in [2.05, 4.69) is 19.2 Å². The van der Waals surface area contributed by atoms with Gasteiger partial charge in [0.05, 0.1) is 31.1 Å². The van der Waals surface area contributed by atoms with Crippen LogP contribution in [0.15, 0.2) is 35.2 Å². The Kier molecular flexibility index (Phi) is 6.37. The monoisotopic (exact) mass is 354 g/mol. The molecule has 0 radical (unpaired) electrons. The third-order valence-electron chi connectivity index (χ3n) is 4.44. The summed E-state index contributed by atoms with van der Waals surface area (Å²) in [5.74, 6) is 0.460. The van der Waals surface area contributed by atoms with Crippen LogP contribution < -0.4 is 10.2 Å². The van der Waals surface area contributed by atoms with Gasteiger partial charge < -0.3 is 10.2 Å². The Morgan fingerprint density at radius 3 is 2.29 bits per heavy atom. The Bertz CT molecular complexity index is 638. The summed E-state index contributed by atoms with van der Waals surface area (Å²) in [5.41, 5.74) is 0. The van der Waals surface area contributed by atoms with E-state index in [1.54, 1.807) is 30.3 Å². The van der Waals surface area contributed by atoms with Crippen LogP contribution in [0.3, 0.4) is 0 Å². The van der Waals surface area contributed by atoms with Crippen molar-refractivity contribution in [3.8, 4) is 0 Å². The first-order valence-electron chi connectivity index (χ1n) is 8.50. The van der Waals surface area contributed by atoms with Crippen molar-refractivity contribution in [1.82, 2.24) is 9.62 Å². The molecule has 7 heteroatoms. The van der Waals surface area contributed by atoms with Gasteiger partial charge in [-0.3, -0.25) is 4.79 Å². The number of nitrogens with zero attached hydrogens (tertiary/aromatic N) is 1. The highest BCUT2D eigenvalue weighted by Gasteiger charge is 2.34. The first kappa shape index (κ1) is 18.9. The van der Waals surface area contributed by atoms with E-state index in [1.807, 2.05) is 6.92 Å².